The summed E-state index contributed by atoms with van der Waals surface area (Å²) in [6.07, 6.45) is 0. The fourth-order valence-corrected chi connectivity index (χ4v) is 8.69. The van der Waals surface area contributed by atoms with Crippen LogP contribution in [0.15, 0.2) is 156 Å². The van der Waals surface area contributed by atoms with Gasteiger partial charge in [0, 0.05) is 42.3 Å². The van der Waals surface area contributed by atoms with Crippen molar-refractivity contribution in [3.8, 4) is 22.3 Å². The number of hydrogen-bond donors (Lipinski definition) is 0. The molecule has 2 aromatic heterocycles. The molecule has 9 aromatic rings. The lowest BCUT2D eigenvalue weighted by Crippen LogP contribution is -2.10. The first-order valence-electron chi connectivity index (χ1n) is 18.5. The minimum atomic E-state index is 0.119. The summed E-state index contributed by atoms with van der Waals surface area (Å²) in [5.74, 6) is 0. The highest BCUT2D eigenvalue weighted by molar-refractivity contribution is 7.26. The molecule has 0 aliphatic carbocycles. The van der Waals surface area contributed by atoms with Crippen molar-refractivity contribution >= 4 is 70.5 Å². The standard InChI is InChI=1S/C50H43NOS/c1-49(2,3)36-22-14-32(15-23-36)34-18-26-38(27-19-34)51(39-28-20-35(21-29-39)33-16-24-37(25-17-33)50(4,5)6)43-12-9-11-40-41-30-31-45-46(48(41)52-47(40)43)42-10-7-8-13-44(42)53-45/h7-31H,1-6H3. The van der Waals surface area contributed by atoms with Crippen LogP contribution in [0.4, 0.5) is 17.1 Å². The van der Waals surface area contributed by atoms with E-state index in [9.17, 15) is 0 Å². The fourth-order valence-electron chi connectivity index (χ4n) is 7.58. The maximum absolute atomic E-state index is 7.02. The molecule has 0 saturated carbocycles. The van der Waals surface area contributed by atoms with Gasteiger partial charge in [0.05, 0.1) is 5.69 Å². The molecule has 0 radical (unpaired) electrons. The van der Waals surface area contributed by atoms with Gasteiger partial charge in [-0.1, -0.05) is 145 Å². The third kappa shape index (κ3) is 5.90. The van der Waals surface area contributed by atoms with Crippen molar-refractivity contribution in [1.29, 1.82) is 0 Å². The highest BCUT2D eigenvalue weighted by Crippen LogP contribution is 2.46. The van der Waals surface area contributed by atoms with Crippen molar-refractivity contribution in [3.05, 3.63) is 163 Å². The van der Waals surface area contributed by atoms with Gasteiger partial charge in [0.25, 0.3) is 0 Å². The zero-order chi connectivity index (χ0) is 36.5. The summed E-state index contributed by atoms with van der Waals surface area (Å²) in [5, 5.41) is 4.69. The second-order valence-corrected chi connectivity index (χ2v) is 17.3. The van der Waals surface area contributed by atoms with Crippen LogP contribution in [0.5, 0.6) is 0 Å². The molecule has 2 nitrogen and oxygen atoms in total. The SMILES string of the molecule is CC(C)(C)c1ccc(-c2ccc(N(c3ccc(-c4ccc(C(C)(C)C)cc4)cc3)c3cccc4c3oc3c4ccc4sc5ccccc5c43)cc2)cc1. The molecule has 0 atom stereocenters. The number of para-hydroxylation sites is 1. The van der Waals surface area contributed by atoms with E-state index in [1.807, 2.05) is 11.3 Å². The lowest BCUT2D eigenvalue weighted by Gasteiger charge is -2.26. The van der Waals surface area contributed by atoms with Crippen molar-refractivity contribution in [2.24, 2.45) is 0 Å². The Labute approximate surface area is 316 Å². The van der Waals surface area contributed by atoms with E-state index in [1.54, 1.807) is 0 Å². The summed E-state index contributed by atoms with van der Waals surface area (Å²) in [4.78, 5) is 2.34. The van der Waals surface area contributed by atoms with Crippen LogP contribution in [0, 0.1) is 0 Å². The largest absolute Gasteiger partial charge is 0.453 e. The Morgan fingerprint density at radius 3 is 1.42 bits per heavy atom. The Kier molecular flexibility index (Phi) is 7.83. The first-order valence-corrected chi connectivity index (χ1v) is 19.3. The van der Waals surface area contributed by atoms with E-state index in [4.69, 9.17) is 4.42 Å². The van der Waals surface area contributed by atoms with Gasteiger partial charge in [0.15, 0.2) is 5.58 Å². The molecule has 0 unspecified atom stereocenters. The Morgan fingerprint density at radius 2 is 0.887 bits per heavy atom. The Hall–Kier alpha value is -5.64. The Balaban J connectivity index is 1.18. The first-order chi connectivity index (χ1) is 25.5. The highest BCUT2D eigenvalue weighted by atomic mass is 32.1. The summed E-state index contributed by atoms with van der Waals surface area (Å²) in [6, 6.07) is 55.5. The topological polar surface area (TPSA) is 16.4 Å². The van der Waals surface area contributed by atoms with Crippen molar-refractivity contribution in [2.75, 3.05) is 4.90 Å². The maximum atomic E-state index is 7.02. The van der Waals surface area contributed by atoms with Gasteiger partial charge in [0.1, 0.15) is 5.58 Å². The van der Waals surface area contributed by atoms with E-state index in [1.165, 1.54) is 53.6 Å². The lowest BCUT2D eigenvalue weighted by molar-refractivity contribution is 0.590. The predicted molar refractivity (Wildman–Crippen MR) is 230 cm³/mol. The molecule has 7 aromatic carbocycles. The van der Waals surface area contributed by atoms with E-state index >= 15 is 0 Å². The Morgan fingerprint density at radius 1 is 0.415 bits per heavy atom. The van der Waals surface area contributed by atoms with E-state index in [0.717, 1.165) is 39.0 Å². The summed E-state index contributed by atoms with van der Waals surface area (Å²) in [5.41, 5.74) is 12.7. The molecule has 53 heavy (non-hydrogen) atoms. The number of nitrogens with zero attached hydrogens (tertiary/aromatic N) is 1. The predicted octanol–water partition coefficient (Wildman–Crippen LogP) is 15.4. The first kappa shape index (κ1) is 33.2. The lowest BCUT2D eigenvalue weighted by atomic mass is 9.86. The van der Waals surface area contributed by atoms with Crippen LogP contribution in [0.25, 0.3) is 64.4 Å². The van der Waals surface area contributed by atoms with E-state index in [0.29, 0.717) is 0 Å². The van der Waals surface area contributed by atoms with Crippen LogP contribution in [-0.4, -0.2) is 0 Å². The molecule has 0 bridgehead atoms. The van der Waals surface area contributed by atoms with Crippen LogP contribution in [0.2, 0.25) is 0 Å². The second kappa shape index (κ2) is 12.5. The molecule has 260 valence electrons. The molecule has 2 heterocycles. The molecule has 3 heteroatoms. The van der Waals surface area contributed by atoms with E-state index in [2.05, 4.69) is 198 Å². The number of benzene rings is 7. The quantitative estimate of drug-likeness (QED) is 0.177. The second-order valence-electron chi connectivity index (χ2n) is 16.3. The van der Waals surface area contributed by atoms with Gasteiger partial charge in [-0.25, -0.2) is 0 Å². The zero-order valence-corrected chi connectivity index (χ0v) is 32.0. The zero-order valence-electron chi connectivity index (χ0n) is 31.2. The van der Waals surface area contributed by atoms with Crippen LogP contribution in [0.1, 0.15) is 52.7 Å². The summed E-state index contributed by atoms with van der Waals surface area (Å²) >= 11 is 1.82. The van der Waals surface area contributed by atoms with Crippen LogP contribution in [0.3, 0.4) is 0 Å². The van der Waals surface area contributed by atoms with Gasteiger partial charge in [-0.05, 0) is 92.7 Å². The molecular formula is C50H43NOS. The molecule has 0 spiro atoms. The number of thiophene rings is 1. The molecule has 0 fully saturated rings. The minimum Gasteiger partial charge on any atom is -0.453 e. The van der Waals surface area contributed by atoms with Crippen molar-refractivity contribution in [1.82, 2.24) is 0 Å². The molecule has 0 saturated heterocycles. The average Bonchev–Trinajstić information content (AvgIpc) is 3.74. The number of hydrogen-bond acceptors (Lipinski definition) is 3. The van der Waals surface area contributed by atoms with Crippen LogP contribution in [-0.2, 0) is 10.8 Å². The third-order valence-corrected chi connectivity index (χ3v) is 11.8. The van der Waals surface area contributed by atoms with Gasteiger partial charge >= 0.3 is 0 Å². The number of furan rings is 1. The average molecular weight is 706 g/mol. The summed E-state index contributed by atoms with van der Waals surface area (Å²) in [7, 11) is 0. The van der Waals surface area contributed by atoms with Gasteiger partial charge in [-0.2, -0.15) is 0 Å². The molecule has 0 aliphatic heterocycles. The number of fused-ring (bicyclic) bond motifs is 7. The molecular weight excluding hydrogens is 663 g/mol. The van der Waals surface area contributed by atoms with Gasteiger partial charge in [-0.15, -0.1) is 11.3 Å². The summed E-state index contributed by atoms with van der Waals surface area (Å²) in [6.45, 7) is 13.5. The normalized spacial score (nSPS) is 12.3. The van der Waals surface area contributed by atoms with Gasteiger partial charge in [0.2, 0.25) is 0 Å². The number of anilines is 3. The monoisotopic (exact) mass is 705 g/mol. The number of rotatable bonds is 5. The van der Waals surface area contributed by atoms with Crippen molar-refractivity contribution < 1.29 is 4.42 Å². The van der Waals surface area contributed by atoms with Crippen molar-refractivity contribution in [2.45, 2.75) is 52.4 Å². The smallest absolute Gasteiger partial charge is 0.159 e. The Bertz CT molecular complexity index is 2650. The van der Waals surface area contributed by atoms with Gasteiger partial charge < -0.3 is 9.32 Å². The van der Waals surface area contributed by atoms with Crippen LogP contribution >= 0.6 is 11.3 Å². The van der Waals surface area contributed by atoms with E-state index < -0.39 is 0 Å². The minimum absolute atomic E-state index is 0.119. The van der Waals surface area contributed by atoms with Gasteiger partial charge in [-0.3, -0.25) is 0 Å². The fraction of sp³-hybridized carbons (Fsp3) is 0.160. The highest BCUT2D eigenvalue weighted by Gasteiger charge is 2.22. The molecule has 0 aliphatic rings. The molecule has 9 rings (SSSR count). The summed E-state index contributed by atoms with van der Waals surface area (Å²) < 4.78 is 9.54. The maximum Gasteiger partial charge on any atom is 0.159 e. The molecule has 0 N–H and O–H groups in total. The van der Waals surface area contributed by atoms with E-state index in [-0.39, 0.29) is 10.8 Å². The molecule has 0 amide bonds. The van der Waals surface area contributed by atoms with Crippen LogP contribution < -0.4 is 4.90 Å². The van der Waals surface area contributed by atoms with Crippen molar-refractivity contribution in [3.63, 3.8) is 0 Å². The third-order valence-electron chi connectivity index (χ3n) is 10.6.